The van der Waals surface area contributed by atoms with Gasteiger partial charge in [-0.05, 0) is 80.3 Å². The molecule has 1 saturated carbocycles. The highest BCUT2D eigenvalue weighted by Gasteiger charge is 2.26. The summed E-state index contributed by atoms with van der Waals surface area (Å²) in [7, 11) is 1.63. The lowest BCUT2D eigenvalue weighted by Gasteiger charge is -2.13. The Morgan fingerprint density at radius 1 is 0.923 bits per heavy atom. The maximum Gasteiger partial charge on any atom is 0.309 e. The van der Waals surface area contributed by atoms with Gasteiger partial charge in [-0.3, -0.25) is 9.59 Å². The number of benzene rings is 3. The monoisotopic (exact) mass is 523 g/mol. The van der Waals surface area contributed by atoms with Crippen LogP contribution in [0.2, 0.25) is 0 Å². The molecule has 39 heavy (non-hydrogen) atoms. The number of nitrogens with zero attached hydrogens (tertiary/aromatic N) is 2. The van der Waals surface area contributed by atoms with Crippen molar-refractivity contribution in [1.29, 1.82) is 0 Å². The van der Waals surface area contributed by atoms with Gasteiger partial charge in [0.15, 0.2) is 0 Å². The lowest BCUT2D eigenvalue weighted by Crippen LogP contribution is -2.20. The van der Waals surface area contributed by atoms with Gasteiger partial charge in [0, 0.05) is 24.1 Å². The van der Waals surface area contributed by atoms with Gasteiger partial charge in [-0.15, -0.1) is 0 Å². The average molecular weight is 524 g/mol. The highest BCUT2D eigenvalue weighted by atomic mass is 16.5. The molecule has 7 heteroatoms. The Labute approximate surface area is 228 Å². The van der Waals surface area contributed by atoms with E-state index >= 15 is 0 Å². The standard InChI is InChI=1S/C32H33N3O4/c1-20-9-18-28(21(2)19-20)35-32(39-22(3)36)29(30(34-35)24-12-16-27(38-4)17-13-24)23-10-14-26(15-11-23)33-31(37)25-7-5-6-8-25/h9-19,25H,5-8H2,1-4H3,(H,33,37). The summed E-state index contributed by atoms with van der Waals surface area (Å²) in [5.41, 5.74) is 6.69. The normalized spacial score (nSPS) is 13.3. The number of nitrogens with one attached hydrogen (secondary N) is 1. The molecule has 0 aliphatic heterocycles. The van der Waals surface area contributed by atoms with Gasteiger partial charge in [-0.25, -0.2) is 0 Å². The van der Waals surface area contributed by atoms with Crippen molar-refractivity contribution in [3.63, 3.8) is 0 Å². The first-order valence-corrected chi connectivity index (χ1v) is 13.3. The van der Waals surface area contributed by atoms with E-state index in [2.05, 4.69) is 11.4 Å². The van der Waals surface area contributed by atoms with Gasteiger partial charge < -0.3 is 14.8 Å². The Morgan fingerprint density at radius 2 is 1.59 bits per heavy atom. The van der Waals surface area contributed by atoms with Crippen LogP contribution in [0.3, 0.4) is 0 Å². The predicted molar refractivity (Wildman–Crippen MR) is 152 cm³/mol. The number of aromatic nitrogens is 2. The summed E-state index contributed by atoms with van der Waals surface area (Å²) in [6, 6.07) is 21.3. The molecular formula is C32H33N3O4. The van der Waals surface area contributed by atoms with Crippen molar-refractivity contribution in [3.05, 3.63) is 77.9 Å². The van der Waals surface area contributed by atoms with E-state index in [4.69, 9.17) is 14.6 Å². The molecule has 4 aromatic rings. The summed E-state index contributed by atoms with van der Waals surface area (Å²) in [4.78, 5) is 25.0. The molecule has 5 rings (SSSR count). The van der Waals surface area contributed by atoms with Crippen molar-refractivity contribution in [2.24, 2.45) is 5.92 Å². The quantitative estimate of drug-likeness (QED) is 0.267. The third-order valence-corrected chi connectivity index (χ3v) is 7.19. The van der Waals surface area contributed by atoms with Crippen LogP contribution in [-0.2, 0) is 9.59 Å². The van der Waals surface area contributed by atoms with Crippen LogP contribution in [0, 0.1) is 19.8 Å². The van der Waals surface area contributed by atoms with Crippen molar-refractivity contribution >= 4 is 17.6 Å². The van der Waals surface area contributed by atoms with E-state index in [1.54, 1.807) is 11.8 Å². The first-order chi connectivity index (χ1) is 18.8. The molecule has 1 fully saturated rings. The van der Waals surface area contributed by atoms with Gasteiger partial charge in [0.05, 0.1) is 18.4 Å². The van der Waals surface area contributed by atoms with Crippen LogP contribution < -0.4 is 14.8 Å². The van der Waals surface area contributed by atoms with Gasteiger partial charge in [-0.1, -0.05) is 42.7 Å². The number of methoxy groups -OCH3 is 1. The number of carbonyl (C=O) groups is 2. The minimum atomic E-state index is -0.441. The third-order valence-electron chi connectivity index (χ3n) is 7.19. The van der Waals surface area contributed by atoms with Crippen molar-refractivity contribution in [1.82, 2.24) is 9.78 Å². The fourth-order valence-corrected chi connectivity index (χ4v) is 5.20. The number of amides is 1. The summed E-state index contributed by atoms with van der Waals surface area (Å²) in [5.74, 6) is 0.781. The van der Waals surface area contributed by atoms with Crippen molar-refractivity contribution < 1.29 is 19.1 Å². The van der Waals surface area contributed by atoms with E-state index in [0.29, 0.717) is 17.1 Å². The Bertz CT molecular complexity index is 1500. The van der Waals surface area contributed by atoms with Crippen molar-refractivity contribution in [3.8, 4) is 39.7 Å². The molecule has 0 atom stereocenters. The molecule has 200 valence electrons. The van der Waals surface area contributed by atoms with E-state index < -0.39 is 5.97 Å². The number of anilines is 1. The van der Waals surface area contributed by atoms with Crippen molar-refractivity contribution in [2.45, 2.75) is 46.5 Å². The topological polar surface area (TPSA) is 82.4 Å². The van der Waals surface area contributed by atoms with E-state index in [9.17, 15) is 9.59 Å². The van der Waals surface area contributed by atoms with Crippen LogP contribution in [-0.4, -0.2) is 28.8 Å². The van der Waals surface area contributed by atoms with E-state index in [-0.39, 0.29) is 11.8 Å². The highest BCUT2D eigenvalue weighted by molar-refractivity contribution is 5.93. The van der Waals surface area contributed by atoms with E-state index in [1.807, 2.05) is 74.5 Å². The van der Waals surface area contributed by atoms with Gasteiger partial charge in [0.1, 0.15) is 11.4 Å². The molecule has 0 unspecified atom stereocenters. The summed E-state index contributed by atoms with van der Waals surface area (Å²) in [6.07, 6.45) is 4.10. The number of esters is 1. The van der Waals surface area contributed by atoms with Crippen LogP contribution >= 0.6 is 0 Å². The maximum absolute atomic E-state index is 12.7. The fourth-order valence-electron chi connectivity index (χ4n) is 5.20. The lowest BCUT2D eigenvalue weighted by atomic mass is 10.0. The van der Waals surface area contributed by atoms with Crippen LogP contribution in [0.4, 0.5) is 5.69 Å². The van der Waals surface area contributed by atoms with Gasteiger partial charge in [0.25, 0.3) is 0 Å². The molecule has 0 bridgehead atoms. The zero-order chi connectivity index (χ0) is 27.5. The van der Waals surface area contributed by atoms with Crippen LogP contribution in [0.15, 0.2) is 66.7 Å². The lowest BCUT2D eigenvalue weighted by molar-refractivity contribution is -0.132. The summed E-state index contributed by atoms with van der Waals surface area (Å²) in [5, 5.41) is 8.03. The first-order valence-electron chi connectivity index (χ1n) is 13.3. The number of hydrogen-bond donors (Lipinski definition) is 1. The van der Waals surface area contributed by atoms with Gasteiger partial charge >= 0.3 is 5.97 Å². The van der Waals surface area contributed by atoms with Crippen LogP contribution in [0.25, 0.3) is 28.1 Å². The first kappa shape index (κ1) is 26.2. The molecule has 1 aromatic heterocycles. The Kier molecular flexibility index (Phi) is 7.50. The molecule has 1 heterocycles. The average Bonchev–Trinajstić information content (AvgIpc) is 3.58. The molecule has 0 spiro atoms. The molecule has 0 saturated heterocycles. The number of hydrogen-bond acceptors (Lipinski definition) is 5. The number of rotatable bonds is 7. The minimum absolute atomic E-state index is 0.0717. The molecule has 3 aromatic carbocycles. The second kappa shape index (κ2) is 11.2. The zero-order valence-corrected chi connectivity index (χ0v) is 22.8. The van der Waals surface area contributed by atoms with Crippen LogP contribution in [0.5, 0.6) is 11.6 Å². The maximum atomic E-state index is 12.7. The second-order valence-corrected chi connectivity index (χ2v) is 10.1. The van der Waals surface area contributed by atoms with Crippen LogP contribution in [0.1, 0.15) is 43.7 Å². The van der Waals surface area contributed by atoms with Gasteiger partial charge in [-0.2, -0.15) is 9.78 Å². The van der Waals surface area contributed by atoms with Gasteiger partial charge in [0.2, 0.25) is 11.8 Å². The van der Waals surface area contributed by atoms with E-state index in [0.717, 1.165) is 65.1 Å². The van der Waals surface area contributed by atoms with Crippen molar-refractivity contribution in [2.75, 3.05) is 12.4 Å². The summed E-state index contributed by atoms with van der Waals surface area (Å²) in [6.45, 7) is 5.43. The Morgan fingerprint density at radius 3 is 2.21 bits per heavy atom. The molecule has 1 aliphatic carbocycles. The molecular weight excluding hydrogens is 490 g/mol. The van der Waals surface area contributed by atoms with E-state index in [1.165, 1.54) is 6.92 Å². The number of carbonyl (C=O) groups excluding carboxylic acids is 2. The molecule has 1 N–H and O–H groups in total. The fraction of sp³-hybridized carbons (Fsp3) is 0.281. The highest BCUT2D eigenvalue weighted by Crippen LogP contribution is 2.42. The SMILES string of the molecule is COc1ccc(-c2nn(-c3ccc(C)cc3C)c(OC(C)=O)c2-c2ccc(NC(=O)C3CCCC3)cc2)cc1. The Hall–Kier alpha value is -4.39. The molecule has 7 nitrogen and oxygen atoms in total. The second-order valence-electron chi connectivity index (χ2n) is 10.1. The minimum Gasteiger partial charge on any atom is -0.497 e. The molecule has 1 aliphatic rings. The smallest absolute Gasteiger partial charge is 0.309 e. The summed E-state index contributed by atoms with van der Waals surface area (Å²) < 4.78 is 12.9. The summed E-state index contributed by atoms with van der Waals surface area (Å²) >= 11 is 0. The number of aryl methyl sites for hydroxylation is 2. The third kappa shape index (κ3) is 5.58. The molecule has 0 radical (unpaired) electrons. The zero-order valence-electron chi connectivity index (χ0n) is 22.8. The number of ether oxygens (including phenoxy) is 2. The molecule has 1 amide bonds. The Balaban J connectivity index is 1.63. The predicted octanol–water partition coefficient (Wildman–Crippen LogP) is 6.89. The largest absolute Gasteiger partial charge is 0.497 e.